The lowest BCUT2D eigenvalue weighted by Gasteiger charge is -2.29. The van der Waals surface area contributed by atoms with Crippen molar-refractivity contribution in [3.8, 4) is 11.4 Å². The first kappa shape index (κ1) is 22.9. The highest BCUT2D eigenvalue weighted by Gasteiger charge is 2.33. The molecule has 10 heteroatoms. The average molecular weight is 479 g/mol. The second-order valence-electron chi connectivity index (χ2n) is 8.43. The van der Waals surface area contributed by atoms with Crippen molar-refractivity contribution < 1.29 is 22.7 Å². The van der Waals surface area contributed by atoms with Gasteiger partial charge in [-0.2, -0.15) is 5.10 Å². The highest BCUT2D eigenvalue weighted by molar-refractivity contribution is 5.94. The number of hydrogen-bond acceptors (Lipinski definition) is 6. The number of halogens is 3. The van der Waals surface area contributed by atoms with Gasteiger partial charge in [-0.15, -0.1) is 5.10 Å². The van der Waals surface area contributed by atoms with E-state index >= 15 is 0 Å². The van der Waals surface area contributed by atoms with Crippen LogP contribution >= 0.6 is 0 Å². The fourth-order valence-electron chi connectivity index (χ4n) is 3.94. The number of pyridine rings is 2. The molecule has 7 nitrogen and oxygen atoms in total. The van der Waals surface area contributed by atoms with Gasteiger partial charge in [-0.3, -0.25) is 4.79 Å². The number of nitrogens with zero attached hydrogens (tertiary/aromatic N) is 4. The van der Waals surface area contributed by atoms with Crippen LogP contribution in [0.25, 0.3) is 22.4 Å². The third-order valence-electron chi connectivity index (χ3n) is 5.74. The number of nitrogens with one attached hydrogen (secondary N) is 1. The van der Waals surface area contributed by atoms with Gasteiger partial charge < -0.3 is 10.1 Å². The summed E-state index contributed by atoms with van der Waals surface area (Å²) in [6.45, 7) is 1.74. The Labute approximate surface area is 198 Å². The third kappa shape index (κ3) is 4.69. The molecule has 0 aliphatic carbocycles. The van der Waals surface area contributed by atoms with E-state index in [9.17, 15) is 18.0 Å². The molecular formula is C25H20F3N5O2. The number of ether oxygens (including phenoxy) is 1. The molecule has 1 aliphatic heterocycles. The maximum atomic E-state index is 14.8. The third-order valence-corrected chi connectivity index (χ3v) is 5.74. The summed E-state index contributed by atoms with van der Waals surface area (Å²) in [6, 6.07) is 14.2. The van der Waals surface area contributed by atoms with Gasteiger partial charge in [0.1, 0.15) is 11.2 Å². The molecule has 0 spiro atoms. The van der Waals surface area contributed by atoms with Crippen LogP contribution in [-0.2, 0) is 23.6 Å². The zero-order valence-electron chi connectivity index (χ0n) is 18.6. The van der Waals surface area contributed by atoms with E-state index in [-0.39, 0.29) is 24.8 Å². The van der Waals surface area contributed by atoms with Crippen LogP contribution in [0.5, 0.6) is 0 Å². The number of hydrogen-bond donors (Lipinski definition) is 1. The Hall–Kier alpha value is -3.92. The minimum absolute atomic E-state index is 0.0608. The molecule has 0 saturated carbocycles. The van der Waals surface area contributed by atoms with Gasteiger partial charge in [0, 0.05) is 5.56 Å². The van der Waals surface area contributed by atoms with E-state index in [1.165, 1.54) is 19.1 Å². The van der Waals surface area contributed by atoms with Crippen molar-refractivity contribution in [2.75, 3.05) is 6.61 Å². The smallest absolute Gasteiger partial charge is 0.280 e. The Morgan fingerprint density at radius 2 is 1.89 bits per heavy atom. The Morgan fingerprint density at radius 3 is 2.71 bits per heavy atom. The number of amides is 1. The fourth-order valence-corrected chi connectivity index (χ4v) is 3.94. The van der Waals surface area contributed by atoms with Gasteiger partial charge in [-0.05, 0) is 60.5 Å². The van der Waals surface area contributed by atoms with E-state index < -0.39 is 12.1 Å². The van der Waals surface area contributed by atoms with Gasteiger partial charge in [0.25, 0.3) is 12.3 Å². The van der Waals surface area contributed by atoms with Crippen molar-refractivity contribution in [2.45, 2.75) is 32.2 Å². The summed E-state index contributed by atoms with van der Waals surface area (Å²) < 4.78 is 46.1. The summed E-state index contributed by atoms with van der Waals surface area (Å²) in [5, 5.41) is 11.0. The summed E-state index contributed by atoms with van der Waals surface area (Å²) in [4.78, 5) is 21.2. The van der Waals surface area contributed by atoms with Crippen LogP contribution in [0.15, 0.2) is 54.6 Å². The van der Waals surface area contributed by atoms with E-state index in [1.807, 2.05) is 0 Å². The SMILES string of the molecule is C[C@@]1(F)COCc2ccc(C(=O)NCc3cc4nc(-c5cccc(C(F)F)n5)ccc4nn3)cc21. The summed E-state index contributed by atoms with van der Waals surface area (Å²) in [5.41, 5.74) is 1.66. The molecule has 0 unspecified atom stereocenters. The predicted molar refractivity (Wildman–Crippen MR) is 121 cm³/mol. The lowest BCUT2D eigenvalue weighted by Crippen LogP contribution is -2.30. The molecule has 5 rings (SSSR count). The van der Waals surface area contributed by atoms with Gasteiger partial charge in [0.15, 0.2) is 5.67 Å². The minimum atomic E-state index is -2.68. The minimum Gasteiger partial charge on any atom is -0.373 e. The molecular weight excluding hydrogens is 459 g/mol. The van der Waals surface area contributed by atoms with E-state index in [2.05, 4.69) is 25.5 Å². The molecule has 1 N–H and O–H groups in total. The van der Waals surface area contributed by atoms with Crippen LogP contribution in [0, 0.1) is 0 Å². The van der Waals surface area contributed by atoms with Crippen molar-refractivity contribution in [1.29, 1.82) is 0 Å². The van der Waals surface area contributed by atoms with Gasteiger partial charge in [0.2, 0.25) is 0 Å². The monoisotopic (exact) mass is 479 g/mol. The van der Waals surface area contributed by atoms with E-state index in [4.69, 9.17) is 4.74 Å². The number of aromatic nitrogens is 4. The highest BCUT2D eigenvalue weighted by atomic mass is 19.3. The summed E-state index contributed by atoms with van der Waals surface area (Å²) in [6.07, 6.45) is -2.68. The van der Waals surface area contributed by atoms with Crippen LogP contribution in [0.4, 0.5) is 13.2 Å². The summed E-state index contributed by atoms with van der Waals surface area (Å²) in [5.74, 6) is -0.383. The molecule has 178 valence electrons. The molecule has 0 saturated heterocycles. The largest absolute Gasteiger partial charge is 0.373 e. The van der Waals surface area contributed by atoms with Gasteiger partial charge >= 0.3 is 0 Å². The number of alkyl halides is 3. The number of benzene rings is 1. The maximum absolute atomic E-state index is 14.8. The van der Waals surface area contributed by atoms with Crippen LogP contribution in [0.3, 0.4) is 0 Å². The molecule has 0 fully saturated rings. The predicted octanol–water partition coefficient (Wildman–Crippen LogP) is 4.67. The van der Waals surface area contributed by atoms with Crippen molar-refractivity contribution in [3.05, 3.63) is 82.7 Å². The van der Waals surface area contributed by atoms with Crippen molar-refractivity contribution in [3.63, 3.8) is 0 Å². The molecule has 4 heterocycles. The number of rotatable bonds is 5. The molecule has 35 heavy (non-hydrogen) atoms. The molecule has 4 aromatic rings. The summed E-state index contributed by atoms with van der Waals surface area (Å²) >= 11 is 0. The van der Waals surface area contributed by atoms with Crippen LogP contribution in [-0.4, -0.2) is 32.7 Å². The topological polar surface area (TPSA) is 89.9 Å². The Balaban J connectivity index is 1.34. The van der Waals surface area contributed by atoms with Crippen molar-refractivity contribution >= 4 is 16.9 Å². The second kappa shape index (κ2) is 9.03. The zero-order valence-corrected chi connectivity index (χ0v) is 18.6. The first-order valence-electron chi connectivity index (χ1n) is 10.9. The van der Waals surface area contributed by atoms with Gasteiger partial charge in [-0.1, -0.05) is 12.1 Å². The molecule has 0 bridgehead atoms. The molecule has 0 radical (unpaired) electrons. The summed E-state index contributed by atoms with van der Waals surface area (Å²) in [7, 11) is 0. The number of carbonyl (C=O) groups is 1. The molecule has 1 amide bonds. The van der Waals surface area contributed by atoms with Gasteiger partial charge in [-0.25, -0.2) is 23.1 Å². The highest BCUT2D eigenvalue weighted by Crippen LogP contribution is 2.34. The lowest BCUT2D eigenvalue weighted by atomic mass is 9.90. The second-order valence-corrected chi connectivity index (χ2v) is 8.43. The van der Waals surface area contributed by atoms with E-state index in [0.717, 1.165) is 0 Å². The Bertz CT molecular complexity index is 1430. The van der Waals surface area contributed by atoms with Gasteiger partial charge in [0.05, 0.1) is 42.4 Å². The van der Waals surface area contributed by atoms with Crippen LogP contribution < -0.4 is 5.32 Å². The maximum Gasteiger partial charge on any atom is 0.280 e. The molecule has 3 aromatic heterocycles. The molecule has 1 atom stereocenters. The first-order valence-corrected chi connectivity index (χ1v) is 10.9. The van der Waals surface area contributed by atoms with Crippen LogP contribution in [0.1, 0.15) is 46.2 Å². The molecule has 1 aliphatic rings. The van der Waals surface area contributed by atoms with Crippen molar-refractivity contribution in [2.24, 2.45) is 0 Å². The van der Waals surface area contributed by atoms with E-state index in [0.29, 0.717) is 51.4 Å². The first-order chi connectivity index (χ1) is 16.8. The number of fused-ring (bicyclic) bond motifs is 2. The van der Waals surface area contributed by atoms with Crippen molar-refractivity contribution in [1.82, 2.24) is 25.5 Å². The normalized spacial score (nSPS) is 17.4. The zero-order chi connectivity index (χ0) is 24.6. The fraction of sp³-hybridized carbons (Fsp3) is 0.240. The lowest BCUT2D eigenvalue weighted by molar-refractivity contribution is -0.00467. The number of carbonyl (C=O) groups excluding carboxylic acids is 1. The van der Waals surface area contributed by atoms with E-state index in [1.54, 1.807) is 42.5 Å². The Morgan fingerprint density at radius 1 is 1.06 bits per heavy atom. The standard InChI is InChI=1S/C25H20F3N5O2/c1-25(28)13-35-12-15-6-5-14(9-17(15)25)24(34)29-11-16-10-22-20(33-32-16)8-7-19(31-22)18-3-2-4-21(30-18)23(26)27/h2-10,23H,11-13H2,1H3,(H,29,34)/t25-/m1/s1. The van der Waals surface area contributed by atoms with Crippen LogP contribution in [0.2, 0.25) is 0 Å². The average Bonchev–Trinajstić information content (AvgIpc) is 2.86. The Kier molecular flexibility index (Phi) is 5.89. The quantitative estimate of drug-likeness (QED) is 0.448. The molecule has 1 aromatic carbocycles.